The fraction of sp³-hybridized carbons (Fsp3) is 0.118. The minimum Gasteiger partial charge on any atom is -0.306 e. The van der Waals surface area contributed by atoms with Gasteiger partial charge < -0.3 is 18.3 Å². The van der Waals surface area contributed by atoms with Gasteiger partial charge in [-0.25, -0.2) is 0 Å². The van der Waals surface area contributed by atoms with Crippen molar-refractivity contribution in [2.75, 3.05) is 0 Å². The van der Waals surface area contributed by atoms with Crippen LogP contribution in [-0.4, -0.2) is 23.3 Å². The van der Waals surface area contributed by atoms with Crippen LogP contribution in [0.15, 0.2) is 170 Å². The van der Waals surface area contributed by atoms with E-state index in [1.807, 2.05) is 18.5 Å². The lowest BCUT2D eigenvalue weighted by molar-refractivity contribution is 1.02. The van der Waals surface area contributed by atoms with E-state index in [1.54, 1.807) is 0 Å². The second-order valence-electron chi connectivity index (χ2n) is 21.0. The molecule has 354 valence electrons. The topological polar surface area (TPSA) is 56.4 Å². The summed E-state index contributed by atoms with van der Waals surface area (Å²) in [5, 5.41) is 21.9. The van der Waals surface area contributed by atoms with Gasteiger partial charge in [0, 0.05) is 66.6 Å². The van der Waals surface area contributed by atoms with Crippen LogP contribution in [-0.2, 0) is 0 Å². The Balaban J connectivity index is 1.38. The van der Waals surface area contributed by atoms with Crippen molar-refractivity contribution in [3.05, 3.63) is 220 Å². The van der Waals surface area contributed by atoms with Gasteiger partial charge in [0.15, 0.2) is 0 Å². The summed E-state index contributed by atoms with van der Waals surface area (Å²) >= 11 is 0. The van der Waals surface area contributed by atoms with Gasteiger partial charge in [0.2, 0.25) is 0 Å². The molecule has 0 unspecified atom stereocenters. The minimum absolute atomic E-state index is 0.544. The van der Waals surface area contributed by atoms with Crippen molar-refractivity contribution in [1.29, 1.82) is 5.26 Å². The third kappa shape index (κ3) is 6.20. The van der Waals surface area contributed by atoms with E-state index in [2.05, 4.69) is 231 Å². The molecular weight excluding hydrogens is 901 g/mol. The van der Waals surface area contributed by atoms with Gasteiger partial charge >= 0.3 is 0 Å². The van der Waals surface area contributed by atoms with Crippen LogP contribution >= 0.6 is 0 Å². The van der Waals surface area contributed by atoms with Crippen LogP contribution in [0, 0.1) is 66.7 Å². The zero-order valence-corrected chi connectivity index (χ0v) is 42.8. The number of aryl methyl sites for hydroxylation is 8. The Morgan fingerprint density at radius 3 is 0.838 bits per heavy atom. The molecule has 5 aromatic heterocycles. The lowest BCUT2D eigenvalue weighted by Gasteiger charge is -2.29. The number of aromatic nitrogens is 5. The highest BCUT2D eigenvalue weighted by molar-refractivity contribution is 6.17. The Morgan fingerprint density at radius 2 is 0.581 bits per heavy atom. The van der Waals surface area contributed by atoms with Gasteiger partial charge in [-0.15, -0.1) is 0 Å². The normalized spacial score (nSPS) is 12.0. The summed E-state index contributed by atoms with van der Waals surface area (Å²) in [6, 6.07) is 61.8. The molecule has 6 heteroatoms. The minimum atomic E-state index is 0.544. The standard InChI is InChI=1S/C68H52N6/c1-38-11-19-56-47(28-38)48-29-39(2)12-20-57(48)71(56)65-55(36-69)64(46-10-9-27-70-37-46)66(72-58-21-13-40(3)30-49(58)50-31-41(4)14-22-59(50)72)68(74-62-25-17-44(7)34-53(62)54-35-45(8)18-26-63(54)74)67(65)73-60-23-15-42(5)32-51(60)52-33-43(6)16-24-61(52)73/h9-35,37H,1-8H3. The highest BCUT2D eigenvalue weighted by Gasteiger charge is 2.35. The quantitative estimate of drug-likeness (QED) is 0.173. The number of rotatable bonds is 5. The lowest BCUT2D eigenvalue weighted by Crippen LogP contribution is -2.17. The predicted molar refractivity (Wildman–Crippen MR) is 310 cm³/mol. The van der Waals surface area contributed by atoms with Crippen LogP contribution in [0.2, 0.25) is 0 Å². The molecule has 0 atom stereocenters. The molecule has 5 heterocycles. The van der Waals surface area contributed by atoms with E-state index in [0.717, 1.165) is 110 Å². The number of benzene rings is 9. The number of fused-ring (bicyclic) bond motifs is 12. The molecule has 0 radical (unpaired) electrons. The number of pyridine rings is 1. The summed E-state index contributed by atoms with van der Waals surface area (Å²) in [5.41, 5.74) is 23.5. The van der Waals surface area contributed by atoms with E-state index in [4.69, 9.17) is 4.98 Å². The van der Waals surface area contributed by atoms with Crippen LogP contribution in [0.3, 0.4) is 0 Å². The van der Waals surface area contributed by atoms with Crippen LogP contribution in [0.25, 0.3) is 121 Å². The Kier molecular flexibility index (Phi) is 9.37. The van der Waals surface area contributed by atoms with Crippen molar-refractivity contribution in [3.8, 4) is 39.9 Å². The molecule has 0 aliphatic carbocycles. The zero-order chi connectivity index (χ0) is 50.4. The van der Waals surface area contributed by atoms with Crippen molar-refractivity contribution in [2.24, 2.45) is 0 Å². The molecule has 0 aliphatic heterocycles. The van der Waals surface area contributed by atoms with Gasteiger partial charge in [-0.1, -0.05) is 99.1 Å². The lowest BCUT2D eigenvalue weighted by atomic mass is 9.93. The Morgan fingerprint density at radius 1 is 0.324 bits per heavy atom. The molecule has 0 bridgehead atoms. The average Bonchev–Trinajstić information content (AvgIpc) is 4.15. The van der Waals surface area contributed by atoms with Crippen molar-refractivity contribution in [2.45, 2.75) is 55.4 Å². The third-order valence-electron chi connectivity index (χ3n) is 15.7. The highest BCUT2D eigenvalue weighted by atomic mass is 15.1. The predicted octanol–water partition coefficient (Wildman–Crippen LogP) is 17.5. The first kappa shape index (κ1) is 43.6. The fourth-order valence-electron chi connectivity index (χ4n) is 12.4. The summed E-state index contributed by atoms with van der Waals surface area (Å²) in [5.74, 6) is 0. The van der Waals surface area contributed by atoms with Gasteiger partial charge in [0.25, 0.3) is 0 Å². The smallest absolute Gasteiger partial charge is 0.102 e. The third-order valence-corrected chi connectivity index (χ3v) is 15.7. The van der Waals surface area contributed by atoms with Crippen molar-refractivity contribution in [3.63, 3.8) is 0 Å². The SMILES string of the molecule is Cc1ccc2c(c1)c1cc(C)ccc1n2-c1c(C#N)c(-c2cccnc2)c(-n2c3ccc(C)cc3c3cc(C)ccc32)c(-n2c3ccc(C)cc3c3cc(C)ccc32)c1-n1c2ccc(C)cc2c2cc(C)ccc21. The molecule has 14 aromatic rings. The Labute approximate surface area is 429 Å². The molecule has 6 nitrogen and oxygen atoms in total. The molecule has 0 N–H and O–H groups in total. The molecular formula is C68H52N6. The maximum absolute atomic E-state index is 12.7. The summed E-state index contributed by atoms with van der Waals surface area (Å²) in [6.45, 7) is 17.4. The fourth-order valence-corrected chi connectivity index (χ4v) is 12.4. The highest BCUT2D eigenvalue weighted by Crippen LogP contribution is 2.52. The molecule has 0 saturated carbocycles. The molecule has 14 rings (SSSR count). The van der Waals surface area contributed by atoms with E-state index in [0.29, 0.717) is 5.56 Å². The average molecular weight is 953 g/mol. The van der Waals surface area contributed by atoms with Gasteiger partial charge in [-0.3, -0.25) is 4.98 Å². The Bertz CT molecular complexity index is 4570. The molecule has 0 aliphatic rings. The summed E-state index contributed by atoms with van der Waals surface area (Å²) < 4.78 is 9.90. The van der Waals surface area contributed by atoms with Crippen LogP contribution in [0.5, 0.6) is 0 Å². The summed E-state index contributed by atoms with van der Waals surface area (Å²) in [4.78, 5) is 4.86. The van der Waals surface area contributed by atoms with Gasteiger partial charge in [-0.05, 0) is 159 Å². The second-order valence-corrected chi connectivity index (χ2v) is 21.0. The number of hydrogen-bond acceptors (Lipinski definition) is 2. The maximum atomic E-state index is 12.7. The second kappa shape index (κ2) is 15.9. The Hall–Kier alpha value is -9.18. The monoisotopic (exact) mass is 952 g/mol. The molecule has 0 fully saturated rings. The molecule has 0 spiro atoms. The molecule has 0 amide bonds. The number of nitrogens with zero attached hydrogens (tertiary/aromatic N) is 6. The maximum Gasteiger partial charge on any atom is 0.102 e. The van der Waals surface area contributed by atoms with E-state index < -0.39 is 0 Å². The van der Waals surface area contributed by atoms with E-state index in [1.165, 1.54) is 55.3 Å². The largest absolute Gasteiger partial charge is 0.306 e. The molecule has 74 heavy (non-hydrogen) atoms. The van der Waals surface area contributed by atoms with Crippen LogP contribution < -0.4 is 0 Å². The van der Waals surface area contributed by atoms with Crippen LogP contribution in [0.4, 0.5) is 0 Å². The first-order chi connectivity index (χ1) is 35.9. The molecule has 9 aromatic carbocycles. The molecule has 0 saturated heterocycles. The first-order valence-corrected chi connectivity index (χ1v) is 25.6. The van der Waals surface area contributed by atoms with Gasteiger partial charge in [-0.2, -0.15) is 5.26 Å². The van der Waals surface area contributed by atoms with E-state index >= 15 is 0 Å². The number of hydrogen-bond donors (Lipinski definition) is 0. The van der Waals surface area contributed by atoms with Crippen LogP contribution in [0.1, 0.15) is 50.1 Å². The zero-order valence-electron chi connectivity index (χ0n) is 42.8. The first-order valence-electron chi connectivity index (χ1n) is 25.6. The summed E-state index contributed by atoms with van der Waals surface area (Å²) in [6.07, 6.45) is 3.77. The van der Waals surface area contributed by atoms with E-state index in [9.17, 15) is 5.26 Å². The van der Waals surface area contributed by atoms with Gasteiger partial charge in [0.1, 0.15) is 6.07 Å². The summed E-state index contributed by atoms with van der Waals surface area (Å²) in [7, 11) is 0. The van der Waals surface area contributed by atoms with Crippen molar-refractivity contribution < 1.29 is 0 Å². The van der Waals surface area contributed by atoms with Crippen molar-refractivity contribution >= 4 is 87.2 Å². The number of nitriles is 1. The van der Waals surface area contributed by atoms with E-state index in [-0.39, 0.29) is 0 Å². The van der Waals surface area contributed by atoms with Crippen molar-refractivity contribution in [1.82, 2.24) is 23.3 Å². The van der Waals surface area contributed by atoms with Gasteiger partial charge in [0.05, 0.1) is 72.4 Å².